The van der Waals surface area contributed by atoms with Crippen molar-refractivity contribution in [3.8, 4) is 0 Å². The van der Waals surface area contributed by atoms with E-state index in [2.05, 4.69) is 78.1 Å². The Morgan fingerprint density at radius 2 is 1.40 bits per heavy atom. The molecule has 4 N–H and O–H groups in total. The van der Waals surface area contributed by atoms with Crippen LogP contribution in [0.25, 0.3) is 0 Å². The lowest BCUT2D eigenvalue weighted by atomic mass is 10.3. The van der Waals surface area contributed by atoms with Gasteiger partial charge in [0.25, 0.3) is 0 Å². The molecule has 1 aliphatic rings. The third-order valence-electron chi connectivity index (χ3n) is 7.15. The number of carboxylic acid groups (broad SMARTS) is 1. The minimum atomic E-state index is -1.98. The molecule has 1 heterocycles. The Morgan fingerprint density at radius 1 is 0.905 bits per heavy atom. The number of nitrogens with zero attached hydrogens (tertiary/aromatic N) is 1. The van der Waals surface area contributed by atoms with Gasteiger partial charge in [-0.2, -0.15) is 0 Å². The largest absolute Gasteiger partial charge is 1.00 e. The quantitative estimate of drug-likeness (QED) is 0.116. The van der Waals surface area contributed by atoms with E-state index in [-0.39, 0.29) is 41.0 Å². The van der Waals surface area contributed by atoms with Crippen LogP contribution in [-0.4, -0.2) is 70.0 Å². The van der Waals surface area contributed by atoms with Crippen LogP contribution in [0.15, 0.2) is 91.0 Å². The van der Waals surface area contributed by atoms with Gasteiger partial charge < -0.3 is 33.1 Å². The van der Waals surface area contributed by atoms with E-state index in [4.69, 9.17) is 10.8 Å². The highest BCUT2D eigenvalue weighted by molar-refractivity contribution is 8.00. The number of aliphatic carboxylic acids is 1. The molecule has 0 bridgehead atoms. The Hall–Kier alpha value is -3.04. The first-order valence-electron chi connectivity index (χ1n) is 13.6. The molecular formula is C31H35BrN3O5PS. The molecule has 1 aliphatic heterocycles. The van der Waals surface area contributed by atoms with Crippen LogP contribution in [0.3, 0.4) is 0 Å². The van der Waals surface area contributed by atoms with Crippen molar-refractivity contribution in [1.82, 2.24) is 10.2 Å². The highest BCUT2D eigenvalue weighted by Crippen LogP contribution is 2.55. The average molecular weight is 673 g/mol. The van der Waals surface area contributed by atoms with Crippen molar-refractivity contribution in [3.05, 3.63) is 91.0 Å². The van der Waals surface area contributed by atoms with E-state index in [1.807, 2.05) is 18.2 Å². The summed E-state index contributed by atoms with van der Waals surface area (Å²) in [4.78, 5) is 49.7. The maximum absolute atomic E-state index is 13.0. The van der Waals surface area contributed by atoms with Crippen molar-refractivity contribution in [2.45, 2.75) is 30.6 Å². The van der Waals surface area contributed by atoms with Crippen molar-refractivity contribution in [2.75, 3.05) is 25.0 Å². The summed E-state index contributed by atoms with van der Waals surface area (Å²) in [7, 11) is -1.98. The fourth-order valence-electron chi connectivity index (χ4n) is 5.11. The number of hydrogen-bond acceptors (Lipinski definition) is 6. The second-order valence-electron chi connectivity index (χ2n) is 9.87. The van der Waals surface area contributed by atoms with Crippen LogP contribution in [0.4, 0.5) is 0 Å². The Labute approximate surface area is 261 Å². The fourth-order valence-corrected chi connectivity index (χ4v) is 10.6. The number of unbranched alkanes of at least 4 members (excludes halogenated alkanes) is 1. The lowest BCUT2D eigenvalue weighted by Gasteiger charge is -2.28. The number of likely N-dealkylation sites (tertiary alicyclic amines) is 1. The lowest BCUT2D eigenvalue weighted by Crippen LogP contribution is -3.00. The topological polar surface area (TPSA) is 130 Å². The van der Waals surface area contributed by atoms with E-state index in [1.54, 1.807) is 0 Å². The molecule has 2 atom stereocenters. The van der Waals surface area contributed by atoms with Crippen molar-refractivity contribution < 1.29 is 41.3 Å². The summed E-state index contributed by atoms with van der Waals surface area (Å²) in [5, 5.41) is 14.2. The van der Waals surface area contributed by atoms with Crippen molar-refractivity contribution >= 4 is 58.6 Å². The van der Waals surface area contributed by atoms with Crippen molar-refractivity contribution in [2.24, 2.45) is 5.73 Å². The first-order chi connectivity index (χ1) is 19.8. The van der Waals surface area contributed by atoms with Gasteiger partial charge in [0.05, 0.1) is 17.5 Å². The fraction of sp³-hybridized carbons (Fsp3) is 0.290. The summed E-state index contributed by atoms with van der Waals surface area (Å²) in [5.41, 5.74) is 5.85. The molecule has 0 saturated carbocycles. The molecule has 3 aromatic carbocycles. The standard InChI is InChI=1S/C31H34N3O5PS.BrH/c32-26(30(38)33-21-29(36)37)22-41-27-20-28(35)34(31(27)39)18-10-11-19-40(23-12-4-1-5-13-23,24-14-6-2-7-15-24)25-16-8-3-9-17-25;/h1-9,12-17,26-27H,10-11,18-22,32H2,(H-,33,36,37,38);1H. The monoisotopic (exact) mass is 671 g/mol. The average Bonchev–Trinajstić information content (AvgIpc) is 3.27. The van der Waals surface area contributed by atoms with Gasteiger partial charge in [-0.3, -0.25) is 24.1 Å². The van der Waals surface area contributed by atoms with Crippen LogP contribution in [0.5, 0.6) is 0 Å². The zero-order valence-corrected chi connectivity index (χ0v) is 26.4. The SMILES string of the molecule is NC(CSC1CC(=O)N(CCCC[P+](c2ccccc2)(c2ccccc2)c2ccccc2)C1=O)C(=O)NCC(=O)O.[Br-]. The molecule has 0 radical (unpaired) electrons. The molecule has 3 aromatic rings. The highest BCUT2D eigenvalue weighted by atomic mass is 79.9. The lowest BCUT2D eigenvalue weighted by molar-refractivity contribution is -0.139. The third kappa shape index (κ3) is 8.07. The number of thioether (sulfide) groups is 1. The summed E-state index contributed by atoms with van der Waals surface area (Å²) >= 11 is 1.17. The minimum Gasteiger partial charge on any atom is -1.00 e. The van der Waals surface area contributed by atoms with Gasteiger partial charge >= 0.3 is 5.97 Å². The summed E-state index contributed by atoms with van der Waals surface area (Å²) in [6.45, 7) is -0.174. The van der Waals surface area contributed by atoms with Crippen LogP contribution in [0.1, 0.15) is 19.3 Å². The van der Waals surface area contributed by atoms with Gasteiger partial charge in [0.1, 0.15) is 29.7 Å². The molecule has 11 heteroatoms. The minimum absolute atomic E-state index is 0. The van der Waals surface area contributed by atoms with Gasteiger partial charge in [0.15, 0.2) is 0 Å². The van der Waals surface area contributed by atoms with E-state index >= 15 is 0 Å². The summed E-state index contributed by atoms with van der Waals surface area (Å²) in [6.07, 6.45) is 2.48. The number of rotatable bonds is 14. The zero-order valence-electron chi connectivity index (χ0n) is 23.1. The maximum Gasteiger partial charge on any atom is 0.322 e. The van der Waals surface area contributed by atoms with Gasteiger partial charge in [0, 0.05) is 18.7 Å². The summed E-state index contributed by atoms with van der Waals surface area (Å²) < 4.78 is 0. The van der Waals surface area contributed by atoms with Crippen LogP contribution in [-0.2, 0) is 19.2 Å². The van der Waals surface area contributed by atoms with Gasteiger partial charge in [-0.15, -0.1) is 11.8 Å². The van der Waals surface area contributed by atoms with Gasteiger partial charge in [0.2, 0.25) is 17.7 Å². The number of hydrogen-bond donors (Lipinski definition) is 3. The Morgan fingerprint density at radius 3 is 1.88 bits per heavy atom. The highest BCUT2D eigenvalue weighted by Gasteiger charge is 2.45. The molecule has 4 rings (SSSR count). The number of carbonyl (C=O) groups excluding carboxylic acids is 3. The van der Waals surface area contributed by atoms with Crippen LogP contribution in [0, 0.1) is 0 Å². The smallest absolute Gasteiger partial charge is 0.322 e. The molecule has 1 fully saturated rings. The van der Waals surface area contributed by atoms with Crippen molar-refractivity contribution in [3.63, 3.8) is 0 Å². The third-order valence-corrected chi connectivity index (χ3v) is 13.0. The van der Waals surface area contributed by atoms with Gasteiger partial charge in [-0.25, -0.2) is 0 Å². The van der Waals surface area contributed by atoms with Gasteiger partial charge in [-0.1, -0.05) is 54.6 Å². The van der Waals surface area contributed by atoms with E-state index < -0.39 is 37.0 Å². The molecule has 1 saturated heterocycles. The van der Waals surface area contributed by atoms with Crippen LogP contribution in [0.2, 0.25) is 0 Å². The number of amides is 3. The number of halogens is 1. The normalized spacial score (nSPS) is 15.6. The van der Waals surface area contributed by atoms with Crippen LogP contribution < -0.4 is 43.9 Å². The van der Waals surface area contributed by atoms with E-state index in [0.29, 0.717) is 13.0 Å². The van der Waals surface area contributed by atoms with Crippen LogP contribution >= 0.6 is 19.0 Å². The molecule has 2 unspecified atom stereocenters. The molecule has 8 nitrogen and oxygen atoms in total. The maximum atomic E-state index is 13.0. The van der Waals surface area contributed by atoms with E-state index in [1.165, 1.54) is 32.6 Å². The number of carbonyl (C=O) groups is 4. The van der Waals surface area contributed by atoms with Crippen molar-refractivity contribution in [1.29, 1.82) is 0 Å². The number of nitrogens with two attached hydrogens (primary N) is 1. The first-order valence-corrected chi connectivity index (χ1v) is 16.6. The number of nitrogens with one attached hydrogen (secondary N) is 1. The molecule has 222 valence electrons. The summed E-state index contributed by atoms with van der Waals surface area (Å²) in [6, 6.07) is 30.8. The summed E-state index contributed by atoms with van der Waals surface area (Å²) in [5.74, 6) is -2.13. The molecule has 3 amide bonds. The van der Waals surface area contributed by atoms with E-state index in [0.717, 1.165) is 12.6 Å². The zero-order chi connectivity index (χ0) is 29.2. The first kappa shape index (κ1) is 33.5. The second kappa shape index (κ2) is 16.0. The Balaban J connectivity index is 0.00000484. The predicted molar refractivity (Wildman–Crippen MR) is 165 cm³/mol. The van der Waals surface area contributed by atoms with E-state index in [9.17, 15) is 19.2 Å². The Bertz CT molecular complexity index is 1250. The Kier molecular flexibility index (Phi) is 12.7. The number of imide groups is 1. The molecule has 0 aliphatic carbocycles. The molecule has 0 aromatic heterocycles. The molecular weight excluding hydrogens is 637 g/mol. The molecule has 0 spiro atoms. The second-order valence-corrected chi connectivity index (χ2v) is 14.7. The number of carboxylic acids is 1. The molecule has 42 heavy (non-hydrogen) atoms. The predicted octanol–water partition coefficient (Wildman–Crippen LogP) is -0.846. The van der Waals surface area contributed by atoms with Gasteiger partial charge in [-0.05, 0) is 49.2 Å². The number of benzene rings is 3.